The van der Waals surface area contributed by atoms with E-state index in [2.05, 4.69) is 50.2 Å². The molecule has 0 saturated heterocycles. The second-order valence-corrected chi connectivity index (χ2v) is 7.84. The van der Waals surface area contributed by atoms with E-state index in [1.54, 1.807) is 0 Å². The van der Waals surface area contributed by atoms with Crippen LogP contribution in [0.2, 0.25) is 0 Å². The molecule has 1 N–H and O–H groups in total. The third-order valence-electron chi connectivity index (χ3n) is 4.61. The summed E-state index contributed by atoms with van der Waals surface area (Å²) in [5.74, 6) is 0.413. The molecule has 1 heterocycles. The van der Waals surface area contributed by atoms with E-state index in [0.717, 1.165) is 25.8 Å². The Morgan fingerprint density at radius 1 is 1.53 bits per heavy atom. The molecule has 0 amide bonds. The minimum atomic E-state index is -0.119. The number of thiophene rings is 1. The highest BCUT2D eigenvalue weighted by molar-refractivity contribution is 7.10. The van der Waals surface area contributed by atoms with Crippen LogP contribution in [-0.2, 0) is 0 Å². The maximum absolute atomic E-state index is 10.2. The summed E-state index contributed by atoms with van der Waals surface area (Å²) >= 11 is 1.82. The van der Waals surface area contributed by atoms with Gasteiger partial charge in [-0.25, -0.2) is 0 Å². The van der Waals surface area contributed by atoms with Gasteiger partial charge in [-0.1, -0.05) is 19.9 Å². The summed E-state index contributed by atoms with van der Waals surface area (Å²) in [6, 6.07) is 4.76. The Bertz CT molecular complexity index is 387. The van der Waals surface area contributed by atoms with E-state index in [-0.39, 0.29) is 6.10 Å². The van der Waals surface area contributed by atoms with Gasteiger partial charge in [0.1, 0.15) is 0 Å². The molecule has 2 nitrogen and oxygen atoms in total. The van der Waals surface area contributed by atoms with Gasteiger partial charge in [0.2, 0.25) is 0 Å². The van der Waals surface area contributed by atoms with E-state index in [9.17, 15) is 5.11 Å². The van der Waals surface area contributed by atoms with Gasteiger partial charge in [-0.2, -0.15) is 0 Å². The Balaban J connectivity index is 1.95. The van der Waals surface area contributed by atoms with Crippen molar-refractivity contribution in [3.8, 4) is 0 Å². The average Bonchev–Trinajstić information content (AvgIpc) is 2.86. The number of aliphatic hydroxyl groups excluding tert-OH is 1. The van der Waals surface area contributed by atoms with Crippen molar-refractivity contribution < 1.29 is 5.11 Å². The van der Waals surface area contributed by atoms with E-state index in [0.29, 0.717) is 17.4 Å². The predicted molar refractivity (Wildman–Crippen MR) is 82.5 cm³/mol. The molecule has 3 heteroatoms. The van der Waals surface area contributed by atoms with Crippen molar-refractivity contribution in [2.75, 3.05) is 13.6 Å². The van der Waals surface area contributed by atoms with Gasteiger partial charge in [-0.15, -0.1) is 11.3 Å². The van der Waals surface area contributed by atoms with E-state index >= 15 is 0 Å². The summed E-state index contributed by atoms with van der Waals surface area (Å²) in [4.78, 5) is 3.80. The summed E-state index contributed by atoms with van der Waals surface area (Å²) in [5.41, 5.74) is 0.386. The molecule has 1 fully saturated rings. The van der Waals surface area contributed by atoms with Crippen molar-refractivity contribution in [1.82, 2.24) is 4.90 Å². The molecule has 1 aromatic heterocycles. The fourth-order valence-electron chi connectivity index (χ4n) is 3.18. The third-order valence-corrected chi connectivity index (χ3v) is 5.66. The monoisotopic (exact) mass is 281 g/mol. The number of rotatable bonds is 4. The topological polar surface area (TPSA) is 23.5 Å². The molecule has 2 rings (SSSR count). The van der Waals surface area contributed by atoms with Crippen molar-refractivity contribution in [2.45, 2.75) is 52.2 Å². The van der Waals surface area contributed by atoms with Crippen LogP contribution in [0.4, 0.5) is 0 Å². The SMILES string of the molecule is CC(c1cccs1)N(C)CC1CC(C)(C)CCC1O. The lowest BCUT2D eigenvalue weighted by Crippen LogP contribution is -2.40. The van der Waals surface area contributed by atoms with Crippen molar-refractivity contribution >= 4 is 11.3 Å². The molecule has 0 bridgehead atoms. The lowest BCUT2D eigenvalue weighted by atomic mass is 9.70. The summed E-state index contributed by atoms with van der Waals surface area (Å²) in [5, 5.41) is 12.4. The molecule has 0 spiro atoms. The lowest BCUT2D eigenvalue weighted by molar-refractivity contribution is 0.00312. The average molecular weight is 281 g/mol. The largest absolute Gasteiger partial charge is 0.393 e. The molecule has 3 atom stereocenters. The Labute approximate surface area is 121 Å². The molecule has 19 heavy (non-hydrogen) atoms. The quantitative estimate of drug-likeness (QED) is 0.904. The maximum Gasteiger partial charge on any atom is 0.0581 e. The summed E-state index contributed by atoms with van der Waals surface area (Å²) in [7, 11) is 2.18. The standard InChI is InChI=1S/C16H27NOS/c1-12(15-6-5-9-19-15)17(4)11-13-10-16(2,3)8-7-14(13)18/h5-6,9,12-14,18H,7-8,10-11H2,1-4H3. The minimum absolute atomic E-state index is 0.119. The minimum Gasteiger partial charge on any atom is -0.393 e. The van der Waals surface area contributed by atoms with Gasteiger partial charge in [0.15, 0.2) is 0 Å². The van der Waals surface area contributed by atoms with Crippen molar-refractivity contribution in [2.24, 2.45) is 11.3 Å². The van der Waals surface area contributed by atoms with Gasteiger partial charge in [0, 0.05) is 17.5 Å². The number of hydrogen-bond donors (Lipinski definition) is 1. The molecule has 0 aromatic carbocycles. The van der Waals surface area contributed by atoms with E-state index in [1.807, 2.05) is 11.3 Å². The molecule has 0 radical (unpaired) electrons. The van der Waals surface area contributed by atoms with Crippen molar-refractivity contribution in [3.05, 3.63) is 22.4 Å². The first-order valence-corrected chi connectivity index (χ1v) is 8.19. The first-order chi connectivity index (χ1) is 8.89. The van der Waals surface area contributed by atoms with Crippen LogP contribution >= 0.6 is 11.3 Å². The Kier molecular flexibility index (Phi) is 4.70. The molecular formula is C16H27NOS. The van der Waals surface area contributed by atoms with Gasteiger partial charge in [-0.05, 0) is 56.0 Å². The number of nitrogens with zero attached hydrogens (tertiary/aromatic N) is 1. The Hall–Kier alpha value is -0.380. The van der Waals surface area contributed by atoms with Gasteiger partial charge >= 0.3 is 0 Å². The number of aliphatic hydroxyl groups is 1. The molecule has 108 valence electrons. The smallest absolute Gasteiger partial charge is 0.0581 e. The van der Waals surface area contributed by atoms with Crippen LogP contribution in [0.15, 0.2) is 17.5 Å². The second kappa shape index (κ2) is 5.94. The Morgan fingerprint density at radius 2 is 2.26 bits per heavy atom. The molecular weight excluding hydrogens is 254 g/mol. The van der Waals surface area contributed by atoms with E-state index in [4.69, 9.17) is 0 Å². The zero-order valence-electron chi connectivity index (χ0n) is 12.6. The van der Waals surface area contributed by atoms with Crippen LogP contribution in [0, 0.1) is 11.3 Å². The van der Waals surface area contributed by atoms with Crippen LogP contribution in [0.5, 0.6) is 0 Å². The van der Waals surface area contributed by atoms with Gasteiger partial charge in [0.05, 0.1) is 6.10 Å². The fourth-order valence-corrected chi connectivity index (χ4v) is 4.03. The fraction of sp³-hybridized carbons (Fsp3) is 0.750. The zero-order chi connectivity index (χ0) is 14.0. The van der Waals surface area contributed by atoms with Crippen LogP contribution in [0.25, 0.3) is 0 Å². The summed E-state index contributed by atoms with van der Waals surface area (Å²) in [6.07, 6.45) is 3.12. The molecule has 1 aliphatic rings. The van der Waals surface area contributed by atoms with Crippen LogP contribution < -0.4 is 0 Å². The normalized spacial score (nSPS) is 28.5. The predicted octanol–water partition coefficient (Wildman–Crippen LogP) is 3.93. The van der Waals surface area contributed by atoms with Crippen LogP contribution in [0.3, 0.4) is 0 Å². The molecule has 3 unspecified atom stereocenters. The van der Waals surface area contributed by atoms with Gasteiger partial charge < -0.3 is 5.11 Å². The first kappa shape index (κ1) is 15.0. The van der Waals surface area contributed by atoms with Gasteiger partial charge in [-0.3, -0.25) is 4.90 Å². The highest BCUT2D eigenvalue weighted by Gasteiger charge is 2.34. The Morgan fingerprint density at radius 3 is 2.89 bits per heavy atom. The first-order valence-electron chi connectivity index (χ1n) is 7.31. The maximum atomic E-state index is 10.2. The lowest BCUT2D eigenvalue weighted by Gasteiger charge is -2.41. The molecule has 1 saturated carbocycles. The second-order valence-electron chi connectivity index (χ2n) is 6.87. The summed E-state index contributed by atoms with van der Waals surface area (Å²) in [6.45, 7) is 7.90. The number of hydrogen-bond acceptors (Lipinski definition) is 3. The summed E-state index contributed by atoms with van der Waals surface area (Å²) < 4.78 is 0. The van der Waals surface area contributed by atoms with Crippen LogP contribution in [0.1, 0.15) is 51.0 Å². The highest BCUT2D eigenvalue weighted by Crippen LogP contribution is 2.39. The molecule has 1 aliphatic carbocycles. The zero-order valence-corrected chi connectivity index (χ0v) is 13.4. The van der Waals surface area contributed by atoms with Crippen molar-refractivity contribution in [3.63, 3.8) is 0 Å². The van der Waals surface area contributed by atoms with E-state index in [1.165, 1.54) is 4.88 Å². The van der Waals surface area contributed by atoms with E-state index < -0.39 is 0 Å². The third kappa shape index (κ3) is 3.80. The molecule has 0 aliphatic heterocycles. The van der Waals surface area contributed by atoms with Gasteiger partial charge in [0.25, 0.3) is 0 Å². The van der Waals surface area contributed by atoms with Crippen LogP contribution in [-0.4, -0.2) is 29.7 Å². The van der Waals surface area contributed by atoms with Crippen molar-refractivity contribution in [1.29, 1.82) is 0 Å². The molecule has 1 aromatic rings. The highest BCUT2D eigenvalue weighted by atomic mass is 32.1.